The van der Waals surface area contributed by atoms with Gasteiger partial charge >= 0.3 is 11.9 Å². The Hall–Kier alpha value is -1.10. The summed E-state index contributed by atoms with van der Waals surface area (Å²) in [6, 6.07) is -0.406. The first-order valence-electron chi connectivity index (χ1n) is 5.00. The van der Waals surface area contributed by atoms with Crippen molar-refractivity contribution in [1.82, 2.24) is 5.32 Å². The summed E-state index contributed by atoms with van der Waals surface area (Å²) in [6.45, 7) is 5.93. The highest BCUT2D eigenvalue weighted by atomic mass is 16.5. The minimum atomic E-state index is -0.406. The summed E-state index contributed by atoms with van der Waals surface area (Å²) in [4.78, 5) is 22.2. The lowest BCUT2D eigenvalue weighted by molar-refractivity contribution is -0.147. The van der Waals surface area contributed by atoms with Crippen LogP contribution in [0.2, 0.25) is 0 Å². The average Bonchev–Trinajstić information content (AvgIpc) is 2.24. The lowest BCUT2D eigenvalue weighted by Gasteiger charge is -2.15. The summed E-state index contributed by atoms with van der Waals surface area (Å²) < 4.78 is 9.36. The Kier molecular flexibility index (Phi) is 6.70. The van der Waals surface area contributed by atoms with Crippen molar-refractivity contribution in [3.63, 3.8) is 0 Å². The number of hydrogen-bond acceptors (Lipinski definition) is 5. The fourth-order valence-electron chi connectivity index (χ4n) is 0.989. The van der Waals surface area contributed by atoms with Crippen LogP contribution in [0.1, 0.15) is 20.8 Å². The molecule has 0 aliphatic rings. The zero-order valence-electron chi connectivity index (χ0n) is 9.70. The smallest absolute Gasteiger partial charge is 0.322 e. The van der Waals surface area contributed by atoms with E-state index in [2.05, 4.69) is 10.1 Å². The number of ether oxygens (including phenoxy) is 2. The molecular formula is C10H19NO4. The van der Waals surface area contributed by atoms with E-state index in [4.69, 9.17) is 4.74 Å². The van der Waals surface area contributed by atoms with Gasteiger partial charge in [-0.05, 0) is 13.8 Å². The van der Waals surface area contributed by atoms with E-state index in [1.807, 2.05) is 0 Å². The highest BCUT2D eigenvalue weighted by molar-refractivity contribution is 5.75. The lowest BCUT2D eigenvalue weighted by Crippen LogP contribution is -2.39. The van der Waals surface area contributed by atoms with Crippen LogP contribution >= 0.6 is 0 Å². The molecule has 0 aromatic rings. The van der Waals surface area contributed by atoms with Gasteiger partial charge < -0.3 is 14.8 Å². The molecule has 5 heteroatoms. The molecule has 0 aromatic heterocycles. The molecule has 0 aliphatic heterocycles. The van der Waals surface area contributed by atoms with Crippen LogP contribution in [0.25, 0.3) is 0 Å². The number of nitrogens with one attached hydrogen (secondary N) is 1. The first-order valence-corrected chi connectivity index (χ1v) is 5.00. The van der Waals surface area contributed by atoms with Gasteiger partial charge in [-0.1, -0.05) is 6.92 Å². The molecule has 0 aromatic carbocycles. The molecule has 88 valence electrons. The van der Waals surface area contributed by atoms with E-state index >= 15 is 0 Å². The van der Waals surface area contributed by atoms with Gasteiger partial charge in [0.05, 0.1) is 19.6 Å². The fourth-order valence-corrected chi connectivity index (χ4v) is 0.989. The Morgan fingerprint density at radius 3 is 2.33 bits per heavy atom. The predicted molar refractivity (Wildman–Crippen MR) is 55.3 cm³/mol. The summed E-state index contributed by atoms with van der Waals surface area (Å²) in [7, 11) is 1.34. The van der Waals surface area contributed by atoms with Crippen molar-refractivity contribution in [1.29, 1.82) is 0 Å². The molecule has 0 bridgehead atoms. The third-order valence-electron chi connectivity index (χ3n) is 1.97. The summed E-state index contributed by atoms with van der Waals surface area (Å²) in [5, 5.41) is 2.91. The molecule has 0 saturated heterocycles. The molecule has 15 heavy (non-hydrogen) atoms. The Morgan fingerprint density at radius 2 is 1.87 bits per heavy atom. The lowest BCUT2D eigenvalue weighted by atomic mass is 10.2. The quantitative estimate of drug-likeness (QED) is 0.650. The van der Waals surface area contributed by atoms with Gasteiger partial charge in [0, 0.05) is 6.54 Å². The monoisotopic (exact) mass is 217 g/mol. The number of carbonyl (C=O) groups excluding carboxylic acids is 2. The molecule has 0 spiro atoms. The number of hydrogen-bond donors (Lipinski definition) is 1. The molecule has 1 N–H and O–H groups in total. The van der Waals surface area contributed by atoms with Crippen molar-refractivity contribution >= 4 is 11.9 Å². The van der Waals surface area contributed by atoms with Crippen molar-refractivity contribution in [3.8, 4) is 0 Å². The maximum atomic E-state index is 11.2. The van der Waals surface area contributed by atoms with Crippen molar-refractivity contribution in [2.75, 3.05) is 20.3 Å². The highest BCUT2D eigenvalue weighted by Gasteiger charge is 2.17. The molecule has 0 rings (SSSR count). The van der Waals surface area contributed by atoms with E-state index in [9.17, 15) is 9.59 Å². The molecule has 0 fully saturated rings. The standard InChI is InChI=1S/C10H19NO4/c1-5-15-10(13)8(3)11-6-7(2)9(12)14-4/h7-8,11H,5-6H2,1-4H3. The van der Waals surface area contributed by atoms with Gasteiger partial charge in [-0.15, -0.1) is 0 Å². The van der Waals surface area contributed by atoms with E-state index in [0.29, 0.717) is 13.2 Å². The fraction of sp³-hybridized carbons (Fsp3) is 0.800. The van der Waals surface area contributed by atoms with Gasteiger partial charge in [-0.25, -0.2) is 0 Å². The predicted octanol–water partition coefficient (Wildman–Crippen LogP) is 0.337. The van der Waals surface area contributed by atoms with E-state index in [0.717, 1.165) is 0 Å². The average molecular weight is 217 g/mol. The van der Waals surface area contributed by atoms with E-state index in [1.54, 1.807) is 20.8 Å². The maximum absolute atomic E-state index is 11.2. The normalized spacial score (nSPS) is 14.1. The Labute approximate surface area is 90.1 Å². The second-order valence-electron chi connectivity index (χ2n) is 3.31. The van der Waals surface area contributed by atoms with E-state index in [1.165, 1.54) is 7.11 Å². The van der Waals surface area contributed by atoms with Crippen LogP contribution in [-0.4, -0.2) is 38.2 Å². The Morgan fingerprint density at radius 1 is 1.27 bits per heavy atom. The third kappa shape index (κ3) is 5.37. The van der Waals surface area contributed by atoms with Gasteiger partial charge in [-0.2, -0.15) is 0 Å². The minimum Gasteiger partial charge on any atom is -0.469 e. The molecule has 2 atom stereocenters. The van der Waals surface area contributed by atoms with E-state index in [-0.39, 0.29) is 17.9 Å². The first-order chi connectivity index (χ1) is 7.02. The van der Waals surface area contributed by atoms with Crippen LogP contribution in [0.15, 0.2) is 0 Å². The first kappa shape index (κ1) is 13.9. The number of carbonyl (C=O) groups is 2. The van der Waals surface area contributed by atoms with Gasteiger partial charge in [0.15, 0.2) is 0 Å². The largest absolute Gasteiger partial charge is 0.469 e. The Bertz CT molecular complexity index is 217. The summed E-state index contributed by atoms with van der Waals surface area (Å²) in [6.07, 6.45) is 0. The molecule has 5 nitrogen and oxygen atoms in total. The highest BCUT2D eigenvalue weighted by Crippen LogP contribution is 1.97. The van der Waals surface area contributed by atoms with Crippen LogP contribution in [0.4, 0.5) is 0 Å². The zero-order chi connectivity index (χ0) is 11.8. The van der Waals surface area contributed by atoms with Crippen LogP contribution in [-0.2, 0) is 19.1 Å². The summed E-state index contributed by atoms with van der Waals surface area (Å²) in [5.41, 5.74) is 0. The van der Waals surface area contributed by atoms with Gasteiger partial charge in [0.25, 0.3) is 0 Å². The molecule has 0 saturated carbocycles. The summed E-state index contributed by atoms with van der Waals surface area (Å²) in [5.74, 6) is -0.875. The zero-order valence-corrected chi connectivity index (χ0v) is 9.70. The van der Waals surface area contributed by atoms with Crippen LogP contribution in [0, 0.1) is 5.92 Å². The number of rotatable bonds is 6. The number of esters is 2. The second-order valence-corrected chi connectivity index (χ2v) is 3.31. The molecule has 2 unspecified atom stereocenters. The molecule has 0 aliphatic carbocycles. The van der Waals surface area contributed by atoms with Crippen molar-refractivity contribution < 1.29 is 19.1 Å². The molecule has 0 radical (unpaired) electrons. The topological polar surface area (TPSA) is 64.6 Å². The minimum absolute atomic E-state index is 0.271. The van der Waals surface area contributed by atoms with Crippen LogP contribution in [0.3, 0.4) is 0 Å². The van der Waals surface area contributed by atoms with Gasteiger partial charge in [-0.3, -0.25) is 9.59 Å². The van der Waals surface area contributed by atoms with Crippen molar-refractivity contribution in [3.05, 3.63) is 0 Å². The SMILES string of the molecule is CCOC(=O)C(C)NCC(C)C(=O)OC. The van der Waals surface area contributed by atoms with Crippen molar-refractivity contribution in [2.24, 2.45) is 5.92 Å². The molecule has 0 heterocycles. The summed E-state index contributed by atoms with van der Waals surface area (Å²) >= 11 is 0. The van der Waals surface area contributed by atoms with Crippen LogP contribution < -0.4 is 5.32 Å². The molecular weight excluding hydrogens is 198 g/mol. The van der Waals surface area contributed by atoms with Crippen LogP contribution in [0.5, 0.6) is 0 Å². The second kappa shape index (κ2) is 7.23. The maximum Gasteiger partial charge on any atom is 0.322 e. The number of methoxy groups -OCH3 is 1. The van der Waals surface area contributed by atoms with E-state index < -0.39 is 6.04 Å². The van der Waals surface area contributed by atoms with Gasteiger partial charge in [0.1, 0.15) is 6.04 Å². The third-order valence-corrected chi connectivity index (χ3v) is 1.97. The Balaban J connectivity index is 3.84. The van der Waals surface area contributed by atoms with Crippen molar-refractivity contribution in [2.45, 2.75) is 26.8 Å². The van der Waals surface area contributed by atoms with Gasteiger partial charge in [0.2, 0.25) is 0 Å². The molecule has 0 amide bonds.